The van der Waals surface area contributed by atoms with Crippen LogP contribution in [0.15, 0.2) is 0 Å². The van der Waals surface area contributed by atoms with Crippen molar-refractivity contribution in [3.63, 3.8) is 0 Å². The normalized spacial score (nSPS) is 18.9. The molecule has 7 nitrogen and oxygen atoms in total. The van der Waals surface area contributed by atoms with Crippen LogP contribution in [0.2, 0.25) is 0 Å². The Morgan fingerprint density at radius 3 is 2.41 bits per heavy atom. The van der Waals surface area contributed by atoms with Crippen molar-refractivity contribution in [2.75, 3.05) is 19.7 Å². The number of ether oxygens (including phenoxy) is 1. The SMILES string of the molecule is O=C(O)CCN(CC(=O)O)C(=O)C1CCCO1. The Labute approximate surface area is 98.0 Å². The summed E-state index contributed by atoms with van der Waals surface area (Å²) in [5.41, 5.74) is 0. The Morgan fingerprint density at radius 1 is 1.24 bits per heavy atom. The summed E-state index contributed by atoms with van der Waals surface area (Å²) in [5.74, 6) is -2.67. The molecule has 1 unspecified atom stereocenters. The van der Waals surface area contributed by atoms with Gasteiger partial charge in [0.25, 0.3) is 5.91 Å². The molecule has 0 aromatic carbocycles. The van der Waals surface area contributed by atoms with Crippen LogP contribution in [-0.2, 0) is 19.1 Å². The summed E-state index contributed by atoms with van der Waals surface area (Å²) in [6.45, 7) is -0.122. The molecule has 0 aliphatic carbocycles. The lowest BCUT2D eigenvalue weighted by atomic mass is 10.2. The Kier molecular flexibility index (Phi) is 4.89. The van der Waals surface area contributed by atoms with E-state index in [4.69, 9.17) is 14.9 Å². The monoisotopic (exact) mass is 245 g/mol. The van der Waals surface area contributed by atoms with Crippen molar-refractivity contribution in [3.05, 3.63) is 0 Å². The fourth-order valence-corrected chi connectivity index (χ4v) is 1.64. The molecule has 0 radical (unpaired) electrons. The molecule has 1 fully saturated rings. The summed E-state index contributed by atoms with van der Waals surface area (Å²) in [6.07, 6.45) is 0.424. The molecule has 1 amide bonds. The second kappa shape index (κ2) is 6.19. The Hall–Kier alpha value is -1.63. The van der Waals surface area contributed by atoms with E-state index in [0.29, 0.717) is 13.0 Å². The quantitative estimate of drug-likeness (QED) is 0.657. The highest BCUT2D eigenvalue weighted by molar-refractivity contribution is 5.85. The zero-order valence-corrected chi connectivity index (χ0v) is 9.29. The van der Waals surface area contributed by atoms with Gasteiger partial charge in [-0.25, -0.2) is 0 Å². The van der Waals surface area contributed by atoms with Gasteiger partial charge in [0, 0.05) is 13.2 Å². The Morgan fingerprint density at radius 2 is 1.94 bits per heavy atom. The maximum atomic E-state index is 11.8. The van der Waals surface area contributed by atoms with Gasteiger partial charge in [0.05, 0.1) is 6.42 Å². The lowest BCUT2D eigenvalue weighted by Crippen LogP contribution is -2.42. The molecule has 96 valence electrons. The first-order valence-electron chi connectivity index (χ1n) is 5.34. The molecule has 0 aromatic heterocycles. The van der Waals surface area contributed by atoms with Gasteiger partial charge in [-0.3, -0.25) is 14.4 Å². The van der Waals surface area contributed by atoms with E-state index in [-0.39, 0.29) is 13.0 Å². The van der Waals surface area contributed by atoms with Crippen LogP contribution < -0.4 is 0 Å². The first kappa shape index (κ1) is 13.4. The molecule has 1 heterocycles. The van der Waals surface area contributed by atoms with Crippen LogP contribution in [0.4, 0.5) is 0 Å². The molecule has 1 aliphatic rings. The van der Waals surface area contributed by atoms with Gasteiger partial charge < -0.3 is 19.8 Å². The molecular weight excluding hydrogens is 230 g/mol. The summed E-state index contributed by atoms with van der Waals surface area (Å²) in [7, 11) is 0. The minimum atomic E-state index is -1.17. The summed E-state index contributed by atoms with van der Waals surface area (Å²) >= 11 is 0. The molecule has 1 atom stereocenters. The molecule has 0 saturated carbocycles. The van der Waals surface area contributed by atoms with Gasteiger partial charge in [0.1, 0.15) is 12.6 Å². The van der Waals surface area contributed by atoms with Crippen LogP contribution in [0.5, 0.6) is 0 Å². The van der Waals surface area contributed by atoms with Gasteiger partial charge >= 0.3 is 11.9 Å². The van der Waals surface area contributed by atoms with E-state index in [0.717, 1.165) is 11.3 Å². The summed E-state index contributed by atoms with van der Waals surface area (Å²) in [5, 5.41) is 17.2. The van der Waals surface area contributed by atoms with E-state index in [1.807, 2.05) is 0 Å². The van der Waals surface area contributed by atoms with Gasteiger partial charge in [-0.15, -0.1) is 0 Å². The van der Waals surface area contributed by atoms with Gasteiger partial charge in [-0.1, -0.05) is 0 Å². The minimum Gasteiger partial charge on any atom is -0.481 e. The van der Waals surface area contributed by atoms with Gasteiger partial charge in [-0.05, 0) is 12.8 Å². The number of hydrogen-bond donors (Lipinski definition) is 2. The number of carboxylic acids is 2. The fraction of sp³-hybridized carbons (Fsp3) is 0.700. The number of amides is 1. The van der Waals surface area contributed by atoms with Crippen molar-refractivity contribution in [2.24, 2.45) is 0 Å². The summed E-state index contributed by atoms with van der Waals surface area (Å²) in [4.78, 5) is 33.9. The standard InChI is InChI=1S/C10H15NO6/c12-8(13)3-4-11(6-9(14)15)10(16)7-2-1-5-17-7/h7H,1-6H2,(H,12,13)(H,14,15). The highest BCUT2D eigenvalue weighted by Gasteiger charge is 2.29. The second-order valence-corrected chi connectivity index (χ2v) is 3.80. The van der Waals surface area contributed by atoms with Gasteiger partial charge in [0.2, 0.25) is 0 Å². The third kappa shape index (κ3) is 4.39. The maximum Gasteiger partial charge on any atom is 0.323 e. The smallest absolute Gasteiger partial charge is 0.323 e. The van der Waals surface area contributed by atoms with Crippen molar-refractivity contribution in [1.82, 2.24) is 4.90 Å². The highest BCUT2D eigenvalue weighted by Crippen LogP contribution is 2.14. The Balaban J connectivity index is 2.56. The number of nitrogens with zero attached hydrogens (tertiary/aromatic N) is 1. The van der Waals surface area contributed by atoms with Crippen molar-refractivity contribution in [3.8, 4) is 0 Å². The highest BCUT2D eigenvalue weighted by atomic mass is 16.5. The average molecular weight is 245 g/mol. The predicted octanol–water partition coefficient (Wildman–Crippen LogP) is -0.447. The molecule has 17 heavy (non-hydrogen) atoms. The number of carbonyl (C=O) groups excluding carboxylic acids is 1. The molecule has 0 spiro atoms. The van der Waals surface area contributed by atoms with E-state index in [1.165, 1.54) is 0 Å². The zero-order valence-electron chi connectivity index (χ0n) is 9.29. The van der Waals surface area contributed by atoms with E-state index in [1.54, 1.807) is 0 Å². The van der Waals surface area contributed by atoms with Crippen LogP contribution in [0.25, 0.3) is 0 Å². The Bertz CT molecular complexity index is 310. The van der Waals surface area contributed by atoms with Crippen LogP contribution in [-0.4, -0.2) is 58.8 Å². The largest absolute Gasteiger partial charge is 0.481 e. The maximum absolute atomic E-state index is 11.8. The van der Waals surface area contributed by atoms with E-state index < -0.39 is 30.5 Å². The minimum absolute atomic E-state index is 0.111. The lowest BCUT2D eigenvalue weighted by molar-refractivity contribution is -0.150. The number of rotatable bonds is 6. The van der Waals surface area contributed by atoms with Gasteiger partial charge in [-0.2, -0.15) is 0 Å². The molecule has 0 aromatic rings. The van der Waals surface area contributed by atoms with Crippen LogP contribution in [0, 0.1) is 0 Å². The van der Waals surface area contributed by atoms with Crippen molar-refractivity contribution < 1.29 is 29.3 Å². The molecule has 7 heteroatoms. The van der Waals surface area contributed by atoms with Crippen LogP contribution in [0.3, 0.4) is 0 Å². The predicted molar refractivity (Wildman–Crippen MR) is 55.4 cm³/mol. The number of hydrogen-bond acceptors (Lipinski definition) is 4. The third-order valence-corrected chi connectivity index (χ3v) is 2.44. The molecule has 2 N–H and O–H groups in total. The zero-order chi connectivity index (χ0) is 12.8. The molecule has 1 aliphatic heterocycles. The third-order valence-electron chi connectivity index (χ3n) is 2.44. The van der Waals surface area contributed by atoms with Crippen LogP contribution in [0.1, 0.15) is 19.3 Å². The van der Waals surface area contributed by atoms with Gasteiger partial charge in [0.15, 0.2) is 0 Å². The average Bonchev–Trinajstić information content (AvgIpc) is 2.75. The number of carboxylic acid groups (broad SMARTS) is 2. The summed E-state index contributed by atoms with van der Waals surface area (Å²) in [6, 6.07) is 0. The molecule has 1 saturated heterocycles. The molecule has 1 rings (SSSR count). The molecule has 0 bridgehead atoms. The van der Waals surface area contributed by atoms with Crippen LogP contribution >= 0.6 is 0 Å². The van der Waals surface area contributed by atoms with E-state index in [9.17, 15) is 14.4 Å². The van der Waals surface area contributed by atoms with E-state index >= 15 is 0 Å². The van der Waals surface area contributed by atoms with E-state index in [2.05, 4.69) is 0 Å². The second-order valence-electron chi connectivity index (χ2n) is 3.80. The van der Waals surface area contributed by atoms with Crippen molar-refractivity contribution in [2.45, 2.75) is 25.4 Å². The topological polar surface area (TPSA) is 104 Å². The van der Waals surface area contributed by atoms with Crippen molar-refractivity contribution in [1.29, 1.82) is 0 Å². The molecular formula is C10H15NO6. The van der Waals surface area contributed by atoms with Crippen molar-refractivity contribution >= 4 is 17.8 Å². The number of aliphatic carboxylic acids is 2. The number of carbonyl (C=O) groups is 3. The lowest BCUT2D eigenvalue weighted by Gasteiger charge is -2.22. The fourth-order valence-electron chi connectivity index (χ4n) is 1.64. The summed E-state index contributed by atoms with van der Waals surface area (Å²) < 4.78 is 5.15. The first-order valence-corrected chi connectivity index (χ1v) is 5.34. The first-order chi connectivity index (χ1) is 8.00.